The van der Waals surface area contributed by atoms with Crippen LogP contribution >= 0.6 is 0 Å². The molecule has 0 atom stereocenters. The van der Waals surface area contributed by atoms with Gasteiger partial charge >= 0.3 is 0 Å². The molecule has 0 amide bonds. The average Bonchev–Trinajstić information content (AvgIpc) is 2.29. The summed E-state index contributed by atoms with van der Waals surface area (Å²) in [6.45, 7) is 4.53. The van der Waals surface area contributed by atoms with E-state index in [4.69, 9.17) is 4.74 Å². The van der Waals surface area contributed by atoms with E-state index in [1.54, 1.807) is 19.3 Å². The lowest BCUT2D eigenvalue weighted by atomic mass is 10.2. The Hall–Kier alpha value is -1.42. The molecule has 1 aromatic rings. The molecule has 0 aliphatic rings. The summed E-state index contributed by atoms with van der Waals surface area (Å²) in [6.07, 6.45) is 5.04. The SMILES string of the molecule is C=CCCCOc1nccc(CNC)c1F. The Morgan fingerprint density at radius 3 is 3.12 bits per heavy atom. The normalized spacial score (nSPS) is 10.1. The molecule has 0 fully saturated rings. The van der Waals surface area contributed by atoms with Crippen molar-refractivity contribution in [1.29, 1.82) is 0 Å². The fourth-order valence-corrected chi connectivity index (χ4v) is 1.29. The Morgan fingerprint density at radius 1 is 1.62 bits per heavy atom. The monoisotopic (exact) mass is 224 g/mol. The molecule has 0 aliphatic heterocycles. The van der Waals surface area contributed by atoms with E-state index in [0.29, 0.717) is 18.7 Å². The van der Waals surface area contributed by atoms with E-state index in [1.165, 1.54) is 0 Å². The molecular formula is C12H17FN2O. The first-order valence-corrected chi connectivity index (χ1v) is 5.31. The Morgan fingerprint density at radius 2 is 2.44 bits per heavy atom. The summed E-state index contributed by atoms with van der Waals surface area (Å²) in [5.74, 6) is -0.299. The number of ether oxygens (including phenoxy) is 1. The van der Waals surface area contributed by atoms with Gasteiger partial charge in [-0.05, 0) is 26.0 Å². The lowest BCUT2D eigenvalue weighted by Gasteiger charge is -2.08. The maximum absolute atomic E-state index is 13.7. The highest BCUT2D eigenvalue weighted by molar-refractivity contribution is 5.23. The van der Waals surface area contributed by atoms with Crippen LogP contribution in [-0.4, -0.2) is 18.6 Å². The van der Waals surface area contributed by atoms with E-state index >= 15 is 0 Å². The fourth-order valence-electron chi connectivity index (χ4n) is 1.29. The van der Waals surface area contributed by atoms with Gasteiger partial charge in [0.15, 0.2) is 5.82 Å². The predicted octanol–water partition coefficient (Wildman–Crippen LogP) is 2.29. The molecule has 0 saturated heterocycles. The van der Waals surface area contributed by atoms with Gasteiger partial charge in [0.2, 0.25) is 0 Å². The van der Waals surface area contributed by atoms with E-state index < -0.39 is 0 Å². The minimum Gasteiger partial charge on any atom is -0.476 e. The van der Waals surface area contributed by atoms with Crippen molar-refractivity contribution in [3.05, 3.63) is 36.3 Å². The van der Waals surface area contributed by atoms with Gasteiger partial charge in [-0.25, -0.2) is 9.37 Å². The first-order chi connectivity index (χ1) is 7.79. The number of nitrogens with zero attached hydrogens (tertiary/aromatic N) is 1. The third-order valence-electron chi connectivity index (χ3n) is 2.10. The second kappa shape index (κ2) is 6.95. The number of hydrogen-bond acceptors (Lipinski definition) is 3. The summed E-state index contributed by atoms with van der Waals surface area (Å²) >= 11 is 0. The van der Waals surface area contributed by atoms with Crippen molar-refractivity contribution in [3.8, 4) is 5.88 Å². The summed E-state index contributed by atoms with van der Waals surface area (Å²) in [7, 11) is 1.77. The minimum atomic E-state index is -0.379. The Bertz CT molecular complexity index is 342. The molecule has 0 radical (unpaired) electrons. The second-order valence-electron chi connectivity index (χ2n) is 3.40. The van der Waals surface area contributed by atoms with Crippen LogP contribution in [0.25, 0.3) is 0 Å². The Kier molecular flexibility index (Phi) is 5.50. The standard InChI is InChI=1S/C12H17FN2O/c1-3-4-5-8-16-12-11(13)10(9-14-2)6-7-15-12/h3,6-7,14H,1,4-5,8-9H2,2H3. The molecule has 4 heteroatoms. The molecule has 0 aliphatic carbocycles. The fraction of sp³-hybridized carbons (Fsp3) is 0.417. The number of pyridine rings is 1. The zero-order valence-electron chi connectivity index (χ0n) is 9.50. The topological polar surface area (TPSA) is 34.1 Å². The molecule has 88 valence electrons. The predicted molar refractivity (Wildman–Crippen MR) is 61.9 cm³/mol. The van der Waals surface area contributed by atoms with Crippen LogP contribution in [0.15, 0.2) is 24.9 Å². The highest BCUT2D eigenvalue weighted by atomic mass is 19.1. The summed E-state index contributed by atoms with van der Waals surface area (Å²) < 4.78 is 19.0. The third kappa shape index (κ3) is 3.62. The molecule has 0 bridgehead atoms. The van der Waals surface area contributed by atoms with Gasteiger partial charge in [0.25, 0.3) is 5.88 Å². The van der Waals surface area contributed by atoms with Gasteiger partial charge in [0, 0.05) is 18.3 Å². The van der Waals surface area contributed by atoms with E-state index in [0.717, 1.165) is 12.8 Å². The lowest BCUT2D eigenvalue weighted by Crippen LogP contribution is -2.09. The van der Waals surface area contributed by atoms with Gasteiger partial charge < -0.3 is 10.1 Å². The summed E-state index contributed by atoms with van der Waals surface area (Å²) in [4.78, 5) is 3.87. The van der Waals surface area contributed by atoms with Crippen molar-refractivity contribution in [3.63, 3.8) is 0 Å². The van der Waals surface area contributed by atoms with Crippen molar-refractivity contribution in [2.75, 3.05) is 13.7 Å². The highest BCUT2D eigenvalue weighted by Gasteiger charge is 2.09. The smallest absolute Gasteiger partial charge is 0.250 e. The molecular weight excluding hydrogens is 207 g/mol. The number of halogens is 1. The van der Waals surface area contributed by atoms with Crippen molar-refractivity contribution in [2.45, 2.75) is 19.4 Å². The second-order valence-corrected chi connectivity index (χ2v) is 3.40. The zero-order valence-corrected chi connectivity index (χ0v) is 9.50. The molecule has 1 heterocycles. The van der Waals surface area contributed by atoms with E-state index in [1.807, 2.05) is 6.08 Å². The van der Waals surface area contributed by atoms with E-state index in [9.17, 15) is 4.39 Å². The van der Waals surface area contributed by atoms with Gasteiger partial charge in [0.1, 0.15) is 0 Å². The number of rotatable bonds is 7. The van der Waals surface area contributed by atoms with Crippen LogP contribution in [0, 0.1) is 5.82 Å². The zero-order chi connectivity index (χ0) is 11.8. The molecule has 1 N–H and O–H groups in total. The number of unbranched alkanes of at least 4 members (excludes halogenated alkanes) is 1. The minimum absolute atomic E-state index is 0.0804. The first-order valence-electron chi connectivity index (χ1n) is 5.31. The third-order valence-corrected chi connectivity index (χ3v) is 2.10. The van der Waals surface area contributed by atoms with Gasteiger partial charge in [-0.3, -0.25) is 0 Å². The Balaban J connectivity index is 2.58. The van der Waals surface area contributed by atoms with E-state index in [2.05, 4.69) is 16.9 Å². The van der Waals surface area contributed by atoms with Crippen LogP contribution in [0.4, 0.5) is 4.39 Å². The van der Waals surface area contributed by atoms with Crippen LogP contribution in [0.5, 0.6) is 5.88 Å². The van der Waals surface area contributed by atoms with Crippen molar-refractivity contribution < 1.29 is 9.13 Å². The number of aromatic nitrogens is 1. The lowest BCUT2D eigenvalue weighted by molar-refractivity contribution is 0.282. The van der Waals surface area contributed by atoms with E-state index in [-0.39, 0.29) is 11.7 Å². The number of nitrogens with one attached hydrogen (secondary N) is 1. The molecule has 0 unspecified atom stereocenters. The van der Waals surface area contributed by atoms with Crippen LogP contribution < -0.4 is 10.1 Å². The quantitative estimate of drug-likeness (QED) is 0.570. The molecule has 1 rings (SSSR count). The van der Waals surface area contributed by atoms with Gasteiger partial charge in [-0.2, -0.15) is 0 Å². The van der Waals surface area contributed by atoms with Crippen molar-refractivity contribution in [1.82, 2.24) is 10.3 Å². The highest BCUT2D eigenvalue weighted by Crippen LogP contribution is 2.17. The molecule has 0 aromatic carbocycles. The number of hydrogen-bond donors (Lipinski definition) is 1. The van der Waals surface area contributed by atoms with Crippen molar-refractivity contribution in [2.24, 2.45) is 0 Å². The first kappa shape index (κ1) is 12.6. The summed E-state index contributed by atoms with van der Waals surface area (Å²) in [5, 5.41) is 2.89. The molecule has 1 aromatic heterocycles. The molecule has 0 spiro atoms. The van der Waals surface area contributed by atoms with Crippen LogP contribution in [-0.2, 0) is 6.54 Å². The molecule has 16 heavy (non-hydrogen) atoms. The Labute approximate surface area is 95.3 Å². The largest absolute Gasteiger partial charge is 0.476 e. The van der Waals surface area contributed by atoms with Crippen LogP contribution in [0.1, 0.15) is 18.4 Å². The maximum Gasteiger partial charge on any atom is 0.250 e. The number of allylic oxidation sites excluding steroid dienone is 1. The summed E-state index contributed by atoms with van der Waals surface area (Å²) in [5.41, 5.74) is 0.566. The van der Waals surface area contributed by atoms with Gasteiger partial charge in [-0.15, -0.1) is 6.58 Å². The van der Waals surface area contributed by atoms with Gasteiger partial charge in [-0.1, -0.05) is 6.08 Å². The molecule has 0 saturated carbocycles. The van der Waals surface area contributed by atoms with Crippen LogP contribution in [0.2, 0.25) is 0 Å². The van der Waals surface area contributed by atoms with Crippen molar-refractivity contribution >= 4 is 0 Å². The van der Waals surface area contributed by atoms with Crippen LogP contribution in [0.3, 0.4) is 0 Å². The summed E-state index contributed by atoms with van der Waals surface area (Å²) in [6, 6.07) is 1.64. The molecule has 3 nitrogen and oxygen atoms in total. The maximum atomic E-state index is 13.7. The average molecular weight is 224 g/mol. The van der Waals surface area contributed by atoms with Gasteiger partial charge in [0.05, 0.1) is 6.61 Å².